The van der Waals surface area contributed by atoms with E-state index >= 15 is 0 Å². The first-order chi connectivity index (χ1) is 14.0. The molecule has 0 saturated carbocycles. The Kier molecular flexibility index (Phi) is 6.56. The Bertz CT molecular complexity index is 1030. The Morgan fingerprint density at radius 1 is 1.34 bits per heavy atom. The number of fused-ring (bicyclic) bond motifs is 1. The van der Waals surface area contributed by atoms with Crippen molar-refractivity contribution in [1.29, 1.82) is 5.41 Å². The molecule has 0 amide bonds. The van der Waals surface area contributed by atoms with E-state index in [0.717, 1.165) is 23.2 Å². The van der Waals surface area contributed by atoms with Crippen molar-refractivity contribution in [3.63, 3.8) is 0 Å². The monoisotopic (exact) mass is 394 g/mol. The fraction of sp³-hybridized carbons (Fsp3) is 0.333. The summed E-state index contributed by atoms with van der Waals surface area (Å²) in [5.41, 5.74) is 2.35. The van der Waals surface area contributed by atoms with Crippen molar-refractivity contribution < 1.29 is 9.84 Å². The second-order valence-electron chi connectivity index (χ2n) is 6.76. The van der Waals surface area contributed by atoms with Gasteiger partial charge in [-0.2, -0.15) is 5.10 Å². The molecule has 0 aliphatic heterocycles. The summed E-state index contributed by atoms with van der Waals surface area (Å²) in [6, 6.07) is 7.67. The summed E-state index contributed by atoms with van der Waals surface area (Å²) in [5.74, 6) is 1.86. The predicted molar refractivity (Wildman–Crippen MR) is 114 cm³/mol. The molecule has 2 heterocycles. The third-order valence-corrected chi connectivity index (χ3v) is 4.25. The van der Waals surface area contributed by atoms with Crippen LogP contribution in [0.1, 0.15) is 27.2 Å². The zero-order valence-corrected chi connectivity index (χ0v) is 16.9. The van der Waals surface area contributed by atoms with Gasteiger partial charge in [-0.05, 0) is 57.0 Å². The van der Waals surface area contributed by atoms with Crippen LogP contribution in [-0.4, -0.2) is 43.8 Å². The van der Waals surface area contributed by atoms with Crippen molar-refractivity contribution in [2.45, 2.75) is 39.8 Å². The van der Waals surface area contributed by atoms with Crippen LogP contribution in [0, 0.1) is 5.41 Å². The lowest BCUT2D eigenvalue weighted by Crippen LogP contribution is -2.05. The van der Waals surface area contributed by atoms with Crippen LogP contribution in [0.2, 0.25) is 0 Å². The first-order valence-electron chi connectivity index (χ1n) is 9.63. The van der Waals surface area contributed by atoms with Gasteiger partial charge in [0.05, 0.1) is 11.6 Å². The number of hydrogen-bond donors (Lipinski definition) is 3. The number of hydrogen-bond acceptors (Lipinski definition) is 7. The Morgan fingerprint density at radius 2 is 2.17 bits per heavy atom. The molecule has 0 bridgehead atoms. The average Bonchev–Trinajstić information content (AvgIpc) is 3.09. The third-order valence-electron chi connectivity index (χ3n) is 4.25. The number of benzene rings is 1. The maximum atomic E-state index is 9.04. The minimum atomic E-state index is -0.0147. The van der Waals surface area contributed by atoms with Crippen molar-refractivity contribution in [2.75, 3.05) is 11.9 Å². The van der Waals surface area contributed by atoms with Gasteiger partial charge in [-0.25, -0.2) is 9.97 Å². The Morgan fingerprint density at radius 3 is 2.86 bits per heavy atom. The molecule has 3 aromatic rings. The molecule has 0 saturated heterocycles. The second kappa shape index (κ2) is 9.29. The summed E-state index contributed by atoms with van der Waals surface area (Å²) in [7, 11) is 0. The summed E-state index contributed by atoms with van der Waals surface area (Å²) >= 11 is 0. The summed E-state index contributed by atoms with van der Waals surface area (Å²) in [6.45, 7) is 6.74. The summed E-state index contributed by atoms with van der Waals surface area (Å²) in [4.78, 5) is 8.98. The van der Waals surface area contributed by atoms with E-state index in [1.54, 1.807) is 18.5 Å². The highest BCUT2D eigenvalue weighted by Crippen LogP contribution is 2.30. The SMILES string of the molecule is CCn1nc(-c2nccc(N/C=C(\C=N)CCO)n2)c2cc(OC(C)C)ccc21. The molecule has 0 radical (unpaired) electrons. The lowest BCUT2D eigenvalue weighted by molar-refractivity contribution is 0.243. The molecule has 152 valence electrons. The van der Waals surface area contributed by atoms with Gasteiger partial charge in [0.1, 0.15) is 17.3 Å². The van der Waals surface area contributed by atoms with Gasteiger partial charge in [0.25, 0.3) is 0 Å². The van der Waals surface area contributed by atoms with Crippen LogP contribution in [-0.2, 0) is 6.54 Å². The van der Waals surface area contributed by atoms with E-state index in [1.807, 2.05) is 43.7 Å². The quantitative estimate of drug-likeness (QED) is 0.478. The number of nitrogens with zero attached hydrogens (tertiary/aromatic N) is 4. The van der Waals surface area contributed by atoms with E-state index in [0.29, 0.717) is 29.3 Å². The van der Waals surface area contributed by atoms with Crippen molar-refractivity contribution >= 4 is 22.9 Å². The highest BCUT2D eigenvalue weighted by molar-refractivity contribution is 5.92. The minimum Gasteiger partial charge on any atom is -0.491 e. The molecular formula is C21H26N6O2. The number of nitrogens with one attached hydrogen (secondary N) is 2. The zero-order chi connectivity index (χ0) is 20.8. The first-order valence-corrected chi connectivity index (χ1v) is 9.63. The molecule has 0 fully saturated rings. The molecule has 0 spiro atoms. The van der Waals surface area contributed by atoms with Gasteiger partial charge in [-0.1, -0.05) is 0 Å². The molecular weight excluding hydrogens is 368 g/mol. The van der Waals surface area contributed by atoms with Gasteiger partial charge in [0.2, 0.25) is 0 Å². The van der Waals surface area contributed by atoms with E-state index < -0.39 is 0 Å². The second-order valence-corrected chi connectivity index (χ2v) is 6.76. The standard InChI is InChI=1S/C21H26N6O2/c1-4-27-18-6-5-16(29-14(2)3)11-17(18)20(26-27)21-23-9-7-19(25-21)24-13-15(12-22)8-10-28/h5-7,9,11-14,22,28H,4,8,10H2,1-3H3,(H,23,24,25)/b15-13-,22-12?. The summed E-state index contributed by atoms with van der Waals surface area (Å²) < 4.78 is 7.76. The number of aromatic nitrogens is 4. The average molecular weight is 394 g/mol. The Hall–Kier alpha value is -3.26. The van der Waals surface area contributed by atoms with E-state index in [2.05, 4.69) is 15.3 Å². The van der Waals surface area contributed by atoms with Gasteiger partial charge in [0, 0.05) is 37.1 Å². The van der Waals surface area contributed by atoms with Gasteiger partial charge in [0.15, 0.2) is 5.82 Å². The lowest BCUT2D eigenvalue weighted by Gasteiger charge is -2.09. The lowest BCUT2D eigenvalue weighted by atomic mass is 10.2. The van der Waals surface area contributed by atoms with E-state index in [9.17, 15) is 0 Å². The fourth-order valence-electron chi connectivity index (χ4n) is 2.94. The number of ether oxygens (including phenoxy) is 1. The van der Waals surface area contributed by atoms with Gasteiger partial charge < -0.3 is 20.6 Å². The predicted octanol–water partition coefficient (Wildman–Crippen LogP) is 3.63. The normalized spacial score (nSPS) is 11.8. The molecule has 0 aliphatic carbocycles. The summed E-state index contributed by atoms with van der Waals surface area (Å²) in [6.07, 6.45) is 5.01. The summed E-state index contributed by atoms with van der Waals surface area (Å²) in [5, 5.41) is 25.1. The topological polar surface area (TPSA) is 109 Å². The number of rotatable bonds is 9. The van der Waals surface area contributed by atoms with Gasteiger partial charge in [-0.15, -0.1) is 0 Å². The van der Waals surface area contributed by atoms with Crippen LogP contribution in [0.25, 0.3) is 22.4 Å². The highest BCUT2D eigenvalue weighted by Gasteiger charge is 2.16. The van der Waals surface area contributed by atoms with Crippen LogP contribution in [0.4, 0.5) is 5.82 Å². The molecule has 0 atom stereocenters. The molecule has 8 heteroatoms. The Balaban J connectivity index is 2.00. The van der Waals surface area contributed by atoms with Gasteiger partial charge >= 0.3 is 0 Å². The van der Waals surface area contributed by atoms with Crippen LogP contribution >= 0.6 is 0 Å². The molecule has 3 rings (SSSR count). The third kappa shape index (κ3) is 4.78. The van der Waals surface area contributed by atoms with Crippen LogP contribution < -0.4 is 10.1 Å². The van der Waals surface area contributed by atoms with Crippen molar-refractivity contribution in [1.82, 2.24) is 19.7 Å². The fourth-order valence-corrected chi connectivity index (χ4v) is 2.94. The van der Waals surface area contributed by atoms with Crippen molar-refractivity contribution in [3.05, 3.63) is 42.2 Å². The Labute approximate surface area is 169 Å². The van der Waals surface area contributed by atoms with Crippen molar-refractivity contribution in [2.24, 2.45) is 0 Å². The first kappa shape index (κ1) is 20.5. The van der Waals surface area contributed by atoms with Crippen molar-refractivity contribution in [3.8, 4) is 17.3 Å². The van der Waals surface area contributed by atoms with Gasteiger partial charge in [-0.3, -0.25) is 4.68 Å². The number of aryl methyl sites for hydroxylation is 1. The molecule has 8 nitrogen and oxygen atoms in total. The molecule has 1 aromatic carbocycles. The highest BCUT2D eigenvalue weighted by atomic mass is 16.5. The molecule has 0 aliphatic rings. The zero-order valence-electron chi connectivity index (χ0n) is 16.9. The smallest absolute Gasteiger partial charge is 0.182 e. The molecule has 29 heavy (non-hydrogen) atoms. The molecule has 2 aromatic heterocycles. The number of aliphatic hydroxyl groups is 1. The maximum absolute atomic E-state index is 9.04. The van der Waals surface area contributed by atoms with E-state index in [4.69, 9.17) is 20.4 Å². The number of aliphatic hydroxyl groups excluding tert-OH is 1. The van der Waals surface area contributed by atoms with Crippen LogP contribution in [0.3, 0.4) is 0 Å². The van der Waals surface area contributed by atoms with E-state index in [1.165, 1.54) is 6.21 Å². The van der Waals surface area contributed by atoms with Crippen LogP contribution in [0.5, 0.6) is 5.75 Å². The number of anilines is 1. The minimum absolute atomic E-state index is 0.0147. The van der Waals surface area contributed by atoms with Crippen LogP contribution in [0.15, 0.2) is 42.2 Å². The maximum Gasteiger partial charge on any atom is 0.182 e. The molecule has 3 N–H and O–H groups in total. The largest absolute Gasteiger partial charge is 0.491 e. The van der Waals surface area contributed by atoms with E-state index in [-0.39, 0.29) is 12.7 Å². The molecule has 0 unspecified atom stereocenters.